The lowest BCUT2D eigenvalue weighted by Gasteiger charge is -2.43. The van der Waals surface area contributed by atoms with Gasteiger partial charge in [0.05, 0.1) is 11.2 Å². The quantitative estimate of drug-likeness (QED) is 0.181. The number of benzene rings is 3. The van der Waals surface area contributed by atoms with Gasteiger partial charge in [0.15, 0.2) is 5.12 Å². The molecule has 0 bridgehead atoms. The average molecular weight is 785 g/mol. The van der Waals surface area contributed by atoms with Crippen molar-refractivity contribution in [2.75, 3.05) is 58.1 Å². The molecule has 6 amide bonds. The van der Waals surface area contributed by atoms with Crippen LogP contribution >= 0.6 is 11.8 Å². The molecular formula is C43H56N6O6S. The Hall–Kier alpha value is -4.91. The van der Waals surface area contributed by atoms with Crippen molar-refractivity contribution in [1.29, 1.82) is 0 Å². The maximum Gasteiger partial charge on any atom is 0.318 e. The maximum absolute atomic E-state index is 14.6. The van der Waals surface area contributed by atoms with Crippen LogP contribution in [0, 0.1) is 5.41 Å². The number of nitrogens with one attached hydrogen (secondary N) is 3. The summed E-state index contributed by atoms with van der Waals surface area (Å²) in [7, 11) is 0. The molecule has 12 nitrogen and oxygen atoms in total. The van der Waals surface area contributed by atoms with E-state index in [0.29, 0.717) is 77.9 Å². The van der Waals surface area contributed by atoms with Gasteiger partial charge in [-0.05, 0) is 60.9 Å². The largest absolute Gasteiger partial charge is 0.356 e. The summed E-state index contributed by atoms with van der Waals surface area (Å²) in [5, 5.41) is 10.9. The van der Waals surface area contributed by atoms with E-state index < -0.39 is 11.5 Å². The normalized spacial score (nSPS) is 17.6. The SMILES string of the molecule is CCNC(=O)[C@]1(Cc2ccccc2)CCCN(C(=O)[C@@H](Cc2ccc3ccccc3c2)NC(=O)N2CCN(C(=O)CCCCCNC(=O)CSC(C)=O)CC2)C1. The van der Waals surface area contributed by atoms with Gasteiger partial charge < -0.3 is 30.7 Å². The number of hydrogen-bond donors (Lipinski definition) is 3. The van der Waals surface area contributed by atoms with Crippen molar-refractivity contribution in [3.8, 4) is 0 Å². The van der Waals surface area contributed by atoms with Crippen molar-refractivity contribution in [3.63, 3.8) is 0 Å². The molecule has 2 aliphatic rings. The summed E-state index contributed by atoms with van der Waals surface area (Å²) >= 11 is 0.983. The number of unbranched alkanes of at least 4 members (excludes halogenated alkanes) is 2. The lowest BCUT2D eigenvalue weighted by Crippen LogP contribution is -2.60. The molecule has 0 saturated carbocycles. The highest BCUT2D eigenvalue weighted by Gasteiger charge is 2.44. The highest BCUT2D eigenvalue weighted by atomic mass is 32.2. The van der Waals surface area contributed by atoms with Gasteiger partial charge in [-0.3, -0.25) is 24.0 Å². The summed E-state index contributed by atoms with van der Waals surface area (Å²) in [6.45, 7) is 6.58. The fourth-order valence-corrected chi connectivity index (χ4v) is 8.10. The number of carbonyl (C=O) groups excluding carboxylic acids is 6. The molecule has 13 heteroatoms. The number of piperazine rings is 1. The molecule has 300 valence electrons. The van der Waals surface area contributed by atoms with Crippen LogP contribution in [0.15, 0.2) is 72.8 Å². The molecule has 3 aromatic rings. The van der Waals surface area contributed by atoms with Crippen LogP contribution in [-0.2, 0) is 36.8 Å². The predicted molar refractivity (Wildman–Crippen MR) is 220 cm³/mol. The van der Waals surface area contributed by atoms with E-state index in [1.54, 1.807) is 14.7 Å². The van der Waals surface area contributed by atoms with Gasteiger partial charge in [-0.25, -0.2) is 4.79 Å². The molecule has 3 N–H and O–H groups in total. The topological polar surface area (TPSA) is 148 Å². The van der Waals surface area contributed by atoms with Crippen molar-refractivity contribution >= 4 is 57.3 Å². The minimum absolute atomic E-state index is 0.0347. The zero-order valence-electron chi connectivity index (χ0n) is 32.7. The van der Waals surface area contributed by atoms with Crippen molar-refractivity contribution in [1.82, 2.24) is 30.7 Å². The van der Waals surface area contributed by atoms with Crippen molar-refractivity contribution in [2.45, 2.75) is 71.3 Å². The number of nitrogens with zero attached hydrogens (tertiary/aromatic N) is 3. The van der Waals surface area contributed by atoms with Gasteiger partial charge >= 0.3 is 6.03 Å². The van der Waals surface area contributed by atoms with E-state index in [1.807, 2.05) is 73.7 Å². The Morgan fingerprint density at radius 3 is 2.21 bits per heavy atom. The van der Waals surface area contributed by atoms with Gasteiger partial charge in [0.1, 0.15) is 6.04 Å². The minimum Gasteiger partial charge on any atom is -0.356 e. The van der Waals surface area contributed by atoms with Crippen LogP contribution in [0.2, 0.25) is 0 Å². The number of urea groups is 1. The predicted octanol–water partition coefficient (Wildman–Crippen LogP) is 4.55. The van der Waals surface area contributed by atoms with Crippen LogP contribution < -0.4 is 16.0 Å². The highest BCUT2D eigenvalue weighted by molar-refractivity contribution is 8.14. The zero-order valence-corrected chi connectivity index (χ0v) is 33.5. The second-order valence-electron chi connectivity index (χ2n) is 14.9. The highest BCUT2D eigenvalue weighted by Crippen LogP contribution is 2.35. The third-order valence-electron chi connectivity index (χ3n) is 10.7. The first-order valence-electron chi connectivity index (χ1n) is 19.9. The second kappa shape index (κ2) is 20.8. The van der Waals surface area contributed by atoms with E-state index in [-0.39, 0.29) is 53.5 Å². The van der Waals surface area contributed by atoms with E-state index in [4.69, 9.17) is 0 Å². The molecule has 2 aliphatic heterocycles. The number of amides is 6. The van der Waals surface area contributed by atoms with Crippen molar-refractivity contribution < 1.29 is 28.8 Å². The van der Waals surface area contributed by atoms with Crippen molar-refractivity contribution in [2.24, 2.45) is 5.41 Å². The molecule has 2 saturated heterocycles. The zero-order chi connectivity index (χ0) is 39.9. The molecule has 3 aromatic carbocycles. The molecule has 2 atom stereocenters. The lowest BCUT2D eigenvalue weighted by atomic mass is 9.74. The number of rotatable bonds is 16. The Morgan fingerprint density at radius 2 is 1.48 bits per heavy atom. The van der Waals surface area contributed by atoms with Gasteiger partial charge in [-0.1, -0.05) is 91.0 Å². The first-order valence-corrected chi connectivity index (χ1v) is 20.9. The summed E-state index contributed by atoms with van der Waals surface area (Å²) < 4.78 is 0. The van der Waals surface area contributed by atoms with Gasteiger partial charge in [0.25, 0.3) is 0 Å². The number of thioether (sulfide) groups is 1. The summed E-state index contributed by atoms with van der Waals surface area (Å²) in [5.74, 6) is -0.290. The number of hydrogen-bond acceptors (Lipinski definition) is 7. The maximum atomic E-state index is 14.6. The summed E-state index contributed by atoms with van der Waals surface area (Å²) in [6, 6.07) is 22.8. The Morgan fingerprint density at radius 1 is 0.768 bits per heavy atom. The molecule has 2 fully saturated rings. The van der Waals surface area contributed by atoms with Crippen LogP contribution in [0.4, 0.5) is 4.79 Å². The monoisotopic (exact) mass is 784 g/mol. The summed E-state index contributed by atoms with van der Waals surface area (Å²) in [5.41, 5.74) is 1.16. The fourth-order valence-electron chi connectivity index (χ4n) is 7.67. The van der Waals surface area contributed by atoms with Gasteiger partial charge in [0.2, 0.25) is 23.6 Å². The van der Waals surface area contributed by atoms with E-state index >= 15 is 0 Å². The van der Waals surface area contributed by atoms with Gasteiger partial charge in [0, 0.05) is 72.1 Å². The summed E-state index contributed by atoms with van der Waals surface area (Å²) in [4.78, 5) is 83.2. The first kappa shape index (κ1) is 42.2. The molecule has 0 radical (unpaired) electrons. The van der Waals surface area contributed by atoms with Crippen LogP contribution in [-0.4, -0.2) is 114 Å². The van der Waals surface area contributed by atoms with E-state index in [2.05, 4.69) is 22.0 Å². The van der Waals surface area contributed by atoms with Crippen LogP contribution in [0.5, 0.6) is 0 Å². The van der Waals surface area contributed by atoms with Gasteiger partial charge in [-0.15, -0.1) is 0 Å². The van der Waals surface area contributed by atoms with Gasteiger partial charge in [-0.2, -0.15) is 0 Å². The average Bonchev–Trinajstić information content (AvgIpc) is 3.21. The van der Waals surface area contributed by atoms with Crippen molar-refractivity contribution in [3.05, 3.63) is 83.9 Å². The lowest BCUT2D eigenvalue weighted by molar-refractivity contribution is -0.143. The minimum atomic E-state index is -0.859. The molecule has 0 aromatic heterocycles. The Kier molecular flexibility index (Phi) is 15.7. The fraction of sp³-hybridized carbons (Fsp3) is 0.488. The van der Waals surface area contributed by atoms with E-state index in [1.165, 1.54) is 6.92 Å². The molecule has 56 heavy (non-hydrogen) atoms. The number of carbonyl (C=O) groups is 6. The molecule has 0 spiro atoms. The second-order valence-corrected chi connectivity index (χ2v) is 16.0. The third kappa shape index (κ3) is 12.0. The third-order valence-corrected chi connectivity index (χ3v) is 11.5. The van der Waals surface area contributed by atoms with Crippen LogP contribution in [0.25, 0.3) is 10.8 Å². The first-order chi connectivity index (χ1) is 27.1. The standard InChI is InChI=1S/C43H56N6O6S/c1-3-44-41(54)43(29-33-13-6-4-7-14-33)20-12-22-49(31-43)40(53)37(28-34-18-19-35-15-9-10-16-36(35)27-34)46-42(55)48-25-23-47(24-26-48)39(52)17-8-5-11-21-45-38(51)30-56-32(2)50/h4,6-7,9-10,13-16,18-19,27,37H,3,5,8,11-12,17,20-26,28-31H2,1-2H3,(H,44,54)(H,45,51)(H,46,55)/t37-,43+/m1/s1. The Balaban J connectivity index is 1.20. The molecule has 0 aliphatic carbocycles. The molecule has 2 heterocycles. The smallest absolute Gasteiger partial charge is 0.318 e. The molecule has 5 rings (SSSR count). The van der Waals surface area contributed by atoms with Crippen LogP contribution in [0.1, 0.15) is 63.5 Å². The number of piperidine rings is 1. The molecular weight excluding hydrogens is 729 g/mol. The number of likely N-dealkylation sites (tertiary alicyclic amines) is 1. The number of fused-ring (bicyclic) bond motifs is 1. The van der Waals surface area contributed by atoms with E-state index in [0.717, 1.165) is 46.5 Å². The Bertz CT molecular complexity index is 1830. The summed E-state index contributed by atoms with van der Waals surface area (Å²) in [6.07, 6.45) is 4.74. The molecule has 0 unspecified atom stereocenters. The Labute approximate surface area is 334 Å². The van der Waals surface area contributed by atoms with Crippen LogP contribution in [0.3, 0.4) is 0 Å². The van der Waals surface area contributed by atoms with E-state index in [9.17, 15) is 28.8 Å².